The van der Waals surface area contributed by atoms with Crippen molar-refractivity contribution < 1.29 is 0 Å². The van der Waals surface area contributed by atoms with E-state index in [0.29, 0.717) is 0 Å². The van der Waals surface area contributed by atoms with E-state index >= 15 is 0 Å². The van der Waals surface area contributed by atoms with Gasteiger partial charge in [0.05, 0.1) is 11.0 Å². The third-order valence-electron chi connectivity index (χ3n) is 12.6. The first-order valence-electron chi connectivity index (χ1n) is 20.4. The molecule has 0 spiro atoms. The van der Waals surface area contributed by atoms with Crippen molar-refractivity contribution in [3.05, 3.63) is 199 Å². The molecule has 0 aliphatic heterocycles. The van der Waals surface area contributed by atoms with Crippen molar-refractivity contribution in [3.8, 4) is 50.2 Å². The van der Waals surface area contributed by atoms with E-state index in [1.165, 1.54) is 123 Å². The Morgan fingerprint density at radius 1 is 0.339 bits per heavy atom. The van der Waals surface area contributed by atoms with Crippen LogP contribution in [0.15, 0.2) is 188 Å². The monoisotopic (exact) mass is 785 g/mol. The molecule has 0 fully saturated rings. The minimum absolute atomic E-state index is 1.01. The Bertz CT molecular complexity index is 3420. The van der Waals surface area contributed by atoms with Gasteiger partial charge in [-0.3, -0.25) is 0 Å². The molecule has 0 amide bonds. The highest BCUT2D eigenvalue weighted by molar-refractivity contribution is 7.26. The van der Waals surface area contributed by atoms with Crippen LogP contribution in [0.4, 0.5) is 0 Å². The van der Waals surface area contributed by atoms with Gasteiger partial charge in [-0.25, -0.2) is 0 Å². The van der Waals surface area contributed by atoms with E-state index in [0.717, 1.165) is 12.8 Å². The molecule has 1 nitrogen and oxygen atoms in total. The second-order valence-corrected chi connectivity index (χ2v) is 18.1. The highest BCUT2D eigenvalue weighted by Gasteiger charge is 2.26. The number of hydrogen-bond acceptors (Lipinski definition) is 2. The molecule has 0 saturated heterocycles. The molecule has 0 bridgehead atoms. The van der Waals surface area contributed by atoms with Gasteiger partial charge < -0.3 is 4.57 Å². The summed E-state index contributed by atoms with van der Waals surface area (Å²) in [5.41, 5.74) is 16.6. The van der Waals surface area contributed by atoms with Crippen LogP contribution in [0.3, 0.4) is 0 Å². The largest absolute Gasteiger partial charge is 0.309 e. The van der Waals surface area contributed by atoms with Gasteiger partial charge >= 0.3 is 0 Å². The van der Waals surface area contributed by atoms with Gasteiger partial charge in [0.2, 0.25) is 0 Å². The minimum Gasteiger partial charge on any atom is -0.309 e. The van der Waals surface area contributed by atoms with Gasteiger partial charge in [-0.2, -0.15) is 0 Å². The quantitative estimate of drug-likeness (QED) is 0.164. The summed E-state index contributed by atoms with van der Waals surface area (Å²) < 4.78 is 7.99. The third kappa shape index (κ3) is 5.08. The molecular formula is C56H35NS2. The molecule has 3 aromatic heterocycles. The lowest BCUT2D eigenvalue weighted by Gasteiger charge is -2.16. The van der Waals surface area contributed by atoms with Crippen molar-refractivity contribution in [2.45, 2.75) is 12.8 Å². The van der Waals surface area contributed by atoms with Crippen molar-refractivity contribution in [1.82, 2.24) is 4.57 Å². The predicted molar refractivity (Wildman–Crippen MR) is 256 cm³/mol. The first kappa shape index (κ1) is 33.2. The lowest BCUT2D eigenvalue weighted by molar-refractivity contribution is 0.970. The van der Waals surface area contributed by atoms with E-state index in [4.69, 9.17) is 0 Å². The predicted octanol–water partition coefficient (Wildman–Crippen LogP) is 16.3. The summed E-state index contributed by atoms with van der Waals surface area (Å²) in [6.07, 6.45) is 2.02. The maximum atomic E-state index is 2.60. The zero-order valence-corrected chi connectivity index (χ0v) is 33.7. The Morgan fingerprint density at radius 2 is 0.780 bits per heavy atom. The number of nitrogens with zero attached hydrogens (tertiary/aromatic N) is 1. The molecule has 1 aliphatic carbocycles. The molecule has 13 rings (SSSR count). The summed E-state index contributed by atoms with van der Waals surface area (Å²) in [5, 5.41) is 8.13. The summed E-state index contributed by atoms with van der Waals surface area (Å²) in [7, 11) is 0. The van der Waals surface area contributed by atoms with Crippen LogP contribution in [0, 0.1) is 0 Å². The molecule has 9 aromatic carbocycles. The first-order valence-corrected chi connectivity index (χ1v) is 22.1. The Morgan fingerprint density at radius 3 is 1.27 bits per heavy atom. The van der Waals surface area contributed by atoms with Gasteiger partial charge in [0.15, 0.2) is 0 Å². The molecule has 12 aromatic rings. The molecule has 0 saturated carbocycles. The number of benzene rings is 9. The summed E-state index contributed by atoms with van der Waals surface area (Å²) >= 11 is 3.83. The molecular weight excluding hydrogens is 751 g/mol. The number of rotatable bonds is 5. The van der Waals surface area contributed by atoms with E-state index < -0.39 is 0 Å². The summed E-state index contributed by atoms with van der Waals surface area (Å²) in [5.74, 6) is 0. The van der Waals surface area contributed by atoms with Crippen LogP contribution in [0.2, 0.25) is 0 Å². The lowest BCUT2D eigenvalue weighted by atomic mass is 9.87. The van der Waals surface area contributed by atoms with E-state index in [1.807, 2.05) is 22.7 Å². The van der Waals surface area contributed by atoms with Crippen molar-refractivity contribution in [2.24, 2.45) is 0 Å². The normalized spacial score (nSPS) is 12.6. The summed E-state index contributed by atoms with van der Waals surface area (Å²) in [6.45, 7) is 0. The van der Waals surface area contributed by atoms with Crippen LogP contribution in [0.25, 0.3) is 112 Å². The zero-order valence-electron chi connectivity index (χ0n) is 32.1. The molecule has 3 heterocycles. The Kier molecular flexibility index (Phi) is 7.24. The van der Waals surface area contributed by atoms with E-state index in [1.54, 1.807) is 0 Å². The summed E-state index contributed by atoms with van der Waals surface area (Å²) in [4.78, 5) is 0. The Labute approximate surface area is 349 Å². The molecule has 3 heteroatoms. The molecule has 0 N–H and O–H groups in total. The molecule has 59 heavy (non-hydrogen) atoms. The van der Waals surface area contributed by atoms with Gasteiger partial charge in [0.25, 0.3) is 0 Å². The number of aryl methyl sites for hydroxylation is 2. The molecule has 276 valence electrons. The van der Waals surface area contributed by atoms with Crippen LogP contribution < -0.4 is 0 Å². The first-order chi connectivity index (χ1) is 29.2. The molecule has 1 aliphatic rings. The van der Waals surface area contributed by atoms with Crippen molar-refractivity contribution >= 4 is 84.8 Å². The van der Waals surface area contributed by atoms with Gasteiger partial charge in [-0.05, 0) is 111 Å². The fourth-order valence-electron chi connectivity index (χ4n) is 9.97. The third-order valence-corrected chi connectivity index (χ3v) is 15.1. The Balaban J connectivity index is 1.14. The maximum Gasteiger partial charge on any atom is 0.0550 e. The minimum atomic E-state index is 1.01. The Hall–Kier alpha value is -6.78. The topological polar surface area (TPSA) is 4.93 Å². The van der Waals surface area contributed by atoms with Crippen LogP contribution >= 0.6 is 22.7 Å². The number of thiophene rings is 2. The standard InChI is InChI=1S/C56H35NS2/c1-3-13-34(14-4-1)38-29-39(35-15-5-2-6-16-35)31-42(30-38)57-49-32-40(43-19-11-21-47-45-17-7-9-23-51(45)58-55(43)47)27-36-25-26-37-28-41(33-50(57)54(37)53(36)49)44-20-12-22-48-46-18-8-10-24-52(46)59-56(44)48/h1-24,27-33H,25-26H2. The van der Waals surface area contributed by atoms with Gasteiger partial charge in [0.1, 0.15) is 0 Å². The van der Waals surface area contributed by atoms with Crippen molar-refractivity contribution in [1.29, 1.82) is 0 Å². The maximum absolute atomic E-state index is 2.60. The van der Waals surface area contributed by atoms with Gasteiger partial charge in [-0.15, -0.1) is 22.7 Å². The van der Waals surface area contributed by atoms with Gasteiger partial charge in [-0.1, -0.05) is 146 Å². The van der Waals surface area contributed by atoms with Crippen LogP contribution in [0.5, 0.6) is 0 Å². The second-order valence-electron chi connectivity index (χ2n) is 16.0. The van der Waals surface area contributed by atoms with E-state index in [-0.39, 0.29) is 0 Å². The average molecular weight is 786 g/mol. The highest BCUT2D eigenvalue weighted by atomic mass is 32.1. The number of aromatic nitrogens is 1. The molecule has 0 atom stereocenters. The molecule has 0 radical (unpaired) electrons. The fraction of sp³-hybridized carbons (Fsp3) is 0.0357. The highest BCUT2D eigenvalue weighted by Crippen LogP contribution is 2.48. The number of hydrogen-bond donors (Lipinski definition) is 0. The SMILES string of the molecule is c1ccc(-c2cc(-c3ccccc3)cc(-n3c4cc(-c5cccc6c5sc5ccccc56)cc5c4c4c(cc(-c6cccc7c6sc6ccccc67)cc43)CC5)c2)cc1. The average Bonchev–Trinajstić information content (AvgIpc) is 3.98. The van der Waals surface area contributed by atoms with Crippen LogP contribution in [-0.4, -0.2) is 4.57 Å². The van der Waals surface area contributed by atoms with Crippen LogP contribution in [-0.2, 0) is 12.8 Å². The van der Waals surface area contributed by atoms with E-state index in [2.05, 4.69) is 193 Å². The van der Waals surface area contributed by atoms with Crippen molar-refractivity contribution in [3.63, 3.8) is 0 Å². The van der Waals surface area contributed by atoms with Gasteiger partial charge in [0, 0.05) is 56.8 Å². The van der Waals surface area contributed by atoms with Crippen molar-refractivity contribution in [2.75, 3.05) is 0 Å². The van der Waals surface area contributed by atoms with Crippen LogP contribution in [0.1, 0.15) is 11.1 Å². The number of fused-ring (bicyclic) bond motifs is 6. The zero-order chi connectivity index (χ0) is 38.6. The smallest absolute Gasteiger partial charge is 0.0550 e. The van der Waals surface area contributed by atoms with E-state index in [9.17, 15) is 0 Å². The lowest BCUT2D eigenvalue weighted by Crippen LogP contribution is -2.00. The second kappa shape index (κ2) is 12.9. The molecule has 0 unspecified atom stereocenters. The fourth-order valence-corrected chi connectivity index (χ4v) is 12.4. The summed E-state index contributed by atoms with van der Waals surface area (Å²) in [6, 6.07) is 70.4.